The van der Waals surface area contributed by atoms with Crippen LogP contribution in [0, 0.1) is 0 Å². The Hall–Kier alpha value is -0.580. The molecule has 88 valence electrons. The second-order valence-electron chi connectivity index (χ2n) is 4.04. The molecule has 0 saturated heterocycles. The number of carbonyl (C=O) groups excluding carboxylic acids is 1. The molecule has 3 N–H and O–H groups in total. The van der Waals surface area contributed by atoms with E-state index in [4.69, 9.17) is 17.3 Å². The maximum absolute atomic E-state index is 10.6. The molecular formula is C11H15ClN2OS. The van der Waals surface area contributed by atoms with Gasteiger partial charge in [-0.15, -0.1) is 11.3 Å². The number of nitrogens with one attached hydrogen (secondary N) is 1. The summed E-state index contributed by atoms with van der Waals surface area (Å²) in [6, 6.07) is 2.46. The third-order valence-corrected chi connectivity index (χ3v) is 4.18. The molecule has 1 atom stereocenters. The molecule has 1 heterocycles. The smallest absolute Gasteiger partial charge is 0.217 e. The highest BCUT2D eigenvalue weighted by molar-refractivity contribution is 7.16. The summed E-state index contributed by atoms with van der Waals surface area (Å²) in [6.07, 6.45) is 3.51. The van der Waals surface area contributed by atoms with E-state index in [1.54, 1.807) is 11.3 Å². The average molecular weight is 259 g/mol. The Morgan fingerprint density at radius 1 is 1.69 bits per heavy atom. The van der Waals surface area contributed by atoms with Gasteiger partial charge in [0.25, 0.3) is 0 Å². The lowest BCUT2D eigenvalue weighted by molar-refractivity contribution is -0.118. The zero-order valence-corrected chi connectivity index (χ0v) is 10.5. The van der Waals surface area contributed by atoms with Crippen LogP contribution >= 0.6 is 22.9 Å². The fourth-order valence-corrected chi connectivity index (χ4v) is 3.44. The molecule has 1 aliphatic carbocycles. The number of amides is 1. The standard InChI is InChI=1S/C11H15ClN2OS/c12-10-6-7-8(3-4-9(7)16-10)14-5-1-2-11(13)15/h6,8,14H,1-5H2,(H2,13,15). The molecule has 16 heavy (non-hydrogen) atoms. The first-order chi connectivity index (χ1) is 7.66. The van der Waals surface area contributed by atoms with Gasteiger partial charge in [0, 0.05) is 17.3 Å². The van der Waals surface area contributed by atoms with Crippen molar-refractivity contribution < 1.29 is 4.79 Å². The van der Waals surface area contributed by atoms with Crippen LogP contribution in [0.5, 0.6) is 0 Å². The number of thiophene rings is 1. The topological polar surface area (TPSA) is 55.1 Å². The minimum atomic E-state index is -0.229. The minimum Gasteiger partial charge on any atom is -0.370 e. The van der Waals surface area contributed by atoms with Crippen molar-refractivity contribution in [2.75, 3.05) is 6.54 Å². The number of hydrogen-bond donors (Lipinski definition) is 2. The lowest BCUT2D eigenvalue weighted by Crippen LogP contribution is -2.22. The quantitative estimate of drug-likeness (QED) is 0.796. The molecule has 2 rings (SSSR count). The molecule has 1 amide bonds. The van der Waals surface area contributed by atoms with Gasteiger partial charge in [0.05, 0.1) is 4.34 Å². The molecule has 0 aromatic carbocycles. The van der Waals surface area contributed by atoms with Crippen LogP contribution in [0.1, 0.15) is 35.7 Å². The Bertz CT molecular complexity index is 391. The van der Waals surface area contributed by atoms with Gasteiger partial charge in [-0.25, -0.2) is 0 Å². The highest BCUT2D eigenvalue weighted by Crippen LogP contribution is 2.39. The molecule has 3 nitrogen and oxygen atoms in total. The van der Waals surface area contributed by atoms with E-state index < -0.39 is 0 Å². The number of aryl methyl sites for hydroxylation is 1. The molecule has 0 saturated carbocycles. The molecule has 1 aromatic heterocycles. The van der Waals surface area contributed by atoms with Crippen molar-refractivity contribution in [2.45, 2.75) is 31.7 Å². The van der Waals surface area contributed by atoms with Gasteiger partial charge in [0.2, 0.25) is 5.91 Å². The zero-order valence-electron chi connectivity index (χ0n) is 8.96. The van der Waals surface area contributed by atoms with E-state index in [2.05, 4.69) is 11.4 Å². The number of primary amides is 1. The van der Waals surface area contributed by atoms with Crippen molar-refractivity contribution in [3.63, 3.8) is 0 Å². The van der Waals surface area contributed by atoms with Crippen LogP contribution in [-0.4, -0.2) is 12.5 Å². The van der Waals surface area contributed by atoms with Crippen LogP contribution < -0.4 is 11.1 Å². The number of halogens is 1. The summed E-state index contributed by atoms with van der Waals surface area (Å²) < 4.78 is 0.869. The predicted molar refractivity (Wildman–Crippen MR) is 66.8 cm³/mol. The first-order valence-corrected chi connectivity index (χ1v) is 6.66. The lowest BCUT2D eigenvalue weighted by atomic mass is 10.1. The van der Waals surface area contributed by atoms with Crippen LogP contribution in [0.2, 0.25) is 4.34 Å². The van der Waals surface area contributed by atoms with Gasteiger partial charge < -0.3 is 11.1 Å². The summed E-state index contributed by atoms with van der Waals surface area (Å²) >= 11 is 7.65. The zero-order chi connectivity index (χ0) is 11.5. The summed E-state index contributed by atoms with van der Waals surface area (Å²) in [4.78, 5) is 12.0. The summed E-state index contributed by atoms with van der Waals surface area (Å²) in [5, 5.41) is 3.45. The van der Waals surface area contributed by atoms with Crippen molar-refractivity contribution in [1.29, 1.82) is 0 Å². The van der Waals surface area contributed by atoms with E-state index >= 15 is 0 Å². The third-order valence-electron chi connectivity index (χ3n) is 2.84. The molecular weight excluding hydrogens is 244 g/mol. The molecule has 0 bridgehead atoms. The van der Waals surface area contributed by atoms with E-state index in [1.807, 2.05) is 0 Å². The number of carbonyl (C=O) groups is 1. The van der Waals surface area contributed by atoms with Gasteiger partial charge in [-0.2, -0.15) is 0 Å². The Kier molecular flexibility index (Phi) is 3.84. The van der Waals surface area contributed by atoms with Crippen LogP contribution in [0.15, 0.2) is 6.07 Å². The van der Waals surface area contributed by atoms with E-state index in [-0.39, 0.29) is 5.91 Å². The highest BCUT2D eigenvalue weighted by atomic mass is 35.5. The molecule has 0 aliphatic heterocycles. The molecule has 0 radical (unpaired) electrons. The number of fused-ring (bicyclic) bond motifs is 1. The molecule has 0 fully saturated rings. The normalized spacial score (nSPS) is 18.7. The van der Waals surface area contributed by atoms with Crippen LogP contribution in [0.4, 0.5) is 0 Å². The maximum atomic E-state index is 10.6. The fraction of sp³-hybridized carbons (Fsp3) is 0.545. The van der Waals surface area contributed by atoms with Crippen LogP contribution in [0.3, 0.4) is 0 Å². The molecule has 1 aliphatic rings. The van der Waals surface area contributed by atoms with Crippen molar-refractivity contribution in [3.05, 3.63) is 20.8 Å². The minimum absolute atomic E-state index is 0.229. The van der Waals surface area contributed by atoms with E-state index in [9.17, 15) is 4.79 Å². The lowest BCUT2D eigenvalue weighted by Gasteiger charge is -2.12. The average Bonchev–Trinajstić information content (AvgIpc) is 2.72. The number of nitrogens with two attached hydrogens (primary N) is 1. The maximum Gasteiger partial charge on any atom is 0.217 e. The Balaban J connectivity index is 1.81. The van der Waals surface area contributed by atoms with Gasteiger partial charge in [0.1, 0.15) is 0 Å². The summed E-state index contributed by atoms with van der Waals surface area (Å²) in [7, 11) is 0. The monoisotopic (exact) mass is 258 g/mol. The fourth-order valence-electron chi connectivity index (χ4n) is 2.08. The SMILES string of the molecule is NC(=O)CCCNC1CCc2sc(Cl)cc21. The van der Waals surface area contributed by atoms with Gasteiger partial charge in [-0.3, -0.25) is 4.79 Å². The van der Waals surface area contributed by atoms with Gasteiger partial charge >= 0.3 is 0 Å². The molecule has 5 heteroatoms. The van der Waals surface area contributed by atoms with Crippen molar-refractivity contribution in [2.24, 2.45) is 5.73 Å². The predicted octanol–water partition coefficient (Wildman–Crippen LogP) is 2.24. The van der Waals surface area contributed by atoms with Crippen molar-refractivity contribution >= 4 is 28.8 Å². The van der Waals surface area contributed by atoms with Gasteiger partial charge in [-0.05, 0) is 37.4 Å². The van der Waals surface area contributed by atoms with E-state index in [1.165, 1.54) is 10.4 Å². The summed E-state index contributed by atoms with van der Waals surface area (Å²) in [5.41, 5.74) is 6.43. The first kappa shape index (κ1) is 11.9. The van der Waals surface area contributed by atoms with Gasteiger partial charge in [-0.1, -0.05) is 11.6 Å². The van der Waals surface area contributed by atoms with E-state index in [0.717, 1.165) is 30.1 Å². The second kappa shape index (κ2) is 5.17. The molecule has 1 aromatic rings. The third kappa shape index (κ3) is 2.75. The van der Waals surface area contributed by atoms with Crippen molar-refractivity contribution in [3.8, 4) is 0 Å². The molecule has 0 spiro atoms. The number of rotatable bonds is 5. The Morgan fingerprint density at radius 2 is 2.50 bits per heavy atom. The van der Waals surface area contributed by atoms with Crippen molar-refractivity contribution in [1.82, 2.24) is 5.32 Å². The Labute approximate surface area is 104 Å². The van der Waals surface area contributed by atoms with Crippen LogP contribution in [-0.2, 0) is 11.2 Å². The first-order valence-electron chi connectivity index (χ1n) is 5.46. The van der Waals surface area contributed by atoms with Crippen LogP contribution in [0.25, 0.3) is 0 Å². The summed E-state index contributed by atoms with van der Waals surface area (Å²) in [6.45, 7) is 0.834. The highest BCUT2D eigenvalue weighted by Gasteiger charge is 2.24. The number of hydrogen-bond acceptors (Lipinski definition) is 3. The Morgan fingerprint density at radius 3 is 3.25 bits per heavy atom. The summed E-state index contributed by atoms with van der Waals surface area (Å²) in [5.74, 6) is -0.229. The largest absolute Gasteiger partial charge is 0.370 e. The molecule has 1 unspecified atom stereocenters. The van der Waals surface area contributed by atoms with E-state index in [0.29, 0.717) is 12.5 Å². The van der Waals surface area contributed by atoms with Gasteiger partial charge in [0.15, 0.2) is 0 Å². The second-order valence-corrected chi connectivity index (χ2v) is 5.81.